The van der Waals surface area contributed by atoms with Gasteiger partial charge in [0, 0.05) is 17.6 Å². The van der Waals surface area contributed by atoms with Crippen LogP contribution in [0, 0.1) is 5.41 Å². The van der Waals surface area contributed by atoms with Gasteiger partial charge in [0.15, 0.2) is 5.43 Å². The molecule has 4 rings (SSSR count). The van der Waals surface area contributed by atoms with E-state index in [2.05, 4.69) is 20.8 Å². The van der Waals surface area contributed by atoms with E-state index < -0.39 is 5.97 Å². The number of rotatable bonds is 3. The standard InChI is InChI=1S/C22H25N3O4/c1-6-29-21(27)15-11-24-17(10-18(15)26)20-14-9-13(28-5)7-8-16(14)23-25(20)12-19(24)22(2,3)4/h7-11,19H,6,12H2,1-5H3. The summed E-state index contributed by atoms with van der Waals surface area (Å²) in [5.41, 5.74) is 2.01. The highest BCUT2D eigenvalue weighted by Gasteiger charge is 2.35. The number of benzene rings is 1. The van der Waals surface area contributed by atoms with E-state index in [-0.39, 0.29) is 29.1 Å². The molecule has 152 valence electrons. The van der Waals surface area contributed by atoms with E-state index in [1.165, 1.54) is 6.07 Å². The normalized spacial score (nSPS) is 15.7. The highest BCUT2D eigenvalue weighted by atomic mass is 16.5. The Morgan fingerprint density at radius 2 is 2.03 bits per heavy atom. The molecule has 7 heteroatoms. The molecule has 0 radical (unpaired) electrons. The molecule has 1 aliphatic rings. The highest BCUT2D eigenvalue weighted by Crippen LogP contribution is 2.42. The summed E-state index contributed by atoms with van der Waals surface area (Å²) < 4.78 is 14.5. The fourth-order valence-electron chi connectivity index (χ4n) is 3.94. The Kier molecular flexibility index (Phi) is 4.48. The van der Waals surface area contributed by atoms with Gasteiger partial charge in [-0.05, 0) is 30.5 Å². The second-order valence-electron chi connectivity index (χ2n) is 8.36. The Morgan fingerprint density at radius 1 is 1.28 bits per heavy atom. The number of carbonyl (C=O) groups excluding carboxylic acids is 1. The molecule has 0 saturated carbocycles. The first kappa shape index (κ1) is 19.2. The maximum absolute atomic E-state index is 12.8. The quantitative estimate of drug-likeness (QED) is 0.633. The lowest BCUT2D eigenvalue weighted by molar-refractivity contribution is 0.0522. The molecule has 3 aromatic rings. The van der Waals surface area contributed by atoms with Crippen molar-refractivity contribution in [3.8, 4) is 17.1 Å². The van der Waals surface area contributed by atoms with Gasteiger partial charge in [-0.1, -0.05) is 20.8 Å². The molecule has 0 bridgehead atoms. The van der Waals surface area contributed by atoms with Gasteiger partial charge >= 0.3 is 5.97 Å². The minimum Gasteiger partial charge on any atom is -0.497 e. The van der Waals surface area contributed by atoms with Gasteiger partial charge < -0.3 is 14.0 Å². The molecular formula is C22H25N3O4. The van der Waals surface area contributed by atoms with Crippen LogP contribution in [0.5, 0.6) is 5.75 Å². The smallest absolute Gasteiger partial charge is 0.343 e. The third-order valence-electron chi connectivity index (χ3n) is 5.44. The van der Waals surface area contributed by atoms with Crippen molar-refractivity contribution in [3.63, 3.8) is 0 Å². The molecule has 0 fully saturated rings. The summed E-state index contributed by atoms with van der Waals surface area (Å²) in [6, 6.07) is 7.26. The summed E-state index contributed by atoms with van der Waals surface area (Å²) in [6.07, 6.45) is 1.65. The fourth-order valence-corrected chi connectivity index (χ4v) is 3.94. The molecule has 3 heterocycles. The topological polar surface area (TPSA) is 75.3 Å². The second-order valence-corrected chi connectivity index (χ2v) is 8.36. The van der Waals surface area contributed by atoms with Crippen LogP contribution >= 0.6 is 0 Å². The van der Waals surface area contributed by atoms with E-state index in [4.69, 9.17) is 14.6 Å². The Morgan fingerprint density at radius 3 is 2.69 bits per heavy atom. The maximum Gasteiger partial charge on any atom is 0.343 e. The molecule has 1 atom stereocenters. The van der Waals surface area contributed by atoms with Crippen LogP contribution in [0.15, 0.2) is 35.3 Å². The average molecular weight is 395 g/mol. The lowest BCUT2D eigenvalue weighted by atomic mass is 9.85. The number of nitrogens with zero attached hydrogens (tertiary/aromatic N) is 3. The zero-order valence-corrected chi connectivity index (χ0v) is 17.4. The molecule has 29 heavy (non-hydrogen) atoms. The Labute approximate surface area is 168 Å². The van der Waals surface area contributed by atoms with Crippen molar-refractivity contribution in [2.24, 2.45) is 5.41 Å². The molecular weight excluding hydrogens is 370 g/mol. The SMILES string of the molecule is CCOC(=O)c1cn2c(cc1=O)-c1c3cc(OC)ccc3nn1CC2C(C)(C)C. The van der Waals surface area contributed by atoms with Crippen molar-refractivity contribution in [1.29, 1.82) is 0 Å². The first-order chi connectivity index (χ1) is 13.7. The minimum absolute atomic E-state index is 0.00924. The number of pyridine rings is 1. The highest BCUT2D eigenvalue weighted by molar-refractivity contribution is 5.95. The number of hydrogen-bond acceptors (Lipinski definition) is 5. The predicted molar refractivity (Wildman–Crippen MR) is 110 cm³/mol. The van der Waals surface area contributed by atoms with Crippen molar-refractivity contribution >= 4 is 16.9 Å². The van der Waals surface area contributed by atoms with Crippen molar-refractivity contribution in [3.05, 3.63) is 46.2 Å². The van der Waals surface area contributed by atoms with Crippen molar-refractivity contribution in [2.45, 2.75) is 40.3 Å². The first-order valence-corrected chi connectivity index (χ1v) is 9.72. The first-order valence-electron chi connectivity index (χ1n) is 9.72. The molecule has 0 saturated heterocycles. The summed E-state index contributed by atoms with van der Waals surface area (Å²) in [4.78, 5) is 25.1. The van der Waals surface area contributed by atoms with Crippen LogP contribution in [0.2, 0.25) is 0 Å². The van der Waals surface area contributed by atoms with Gasteiger partial charge in [0.2, 0.25) is 0 Å². The number of carbonyl (C=O) groups is 1. The molecule has 1 unspecified atom stereocenters. The molecule has 7 nitrogen and oxygen atoms in total. The van der Waals surface area contributed by atoms with Crippen LogP contribution in [-0.4, -0.2) is 34.0 Å². The molecule has 0 N–H and O–H groups in total. The third-order valence-corrected chi connectivity index (χ3v) is 5.44. The van der Waals surface area contributed by atoms with Crippen LogP contribution in [0.25, 0.3) is 22.3 Å². The van der Waals surface area contributed by atoms with Gasteiger partial charge in [-0.25, -0.2) is 4.79 Å². The van der Waals surface area contributed by atoms with Crippen LogP contribution in [-0.2, 0) is 11.3 Å². The Bertz CT molecular complexity index is 1170. The summed E-state index contributed by atoms with van der Waals surface area (Å²) >= 11 is 0. The van der Waals surface area contributed by atoms with E-state index in [9.17, 15) is 9.59 Å². The third kappa shape index (κ3) is 3.10. The summed E-state index contributed by atoms with van der Waals surface area (Å²) in [5.74, 6) is 0.134. The van der Waals surface area contributed by atoms with Crippen LogP contribution in [0.1, 0.15) is 44.1 Å². The van der Waals surface area contributed by atoms with Gasteiger partial charge in [0.25, 0.3) is 0 Å². The zero-order valence-electron chi connectivity index (χ0n) is 17.4. The van der Waals surface area contributed by atoms with E-state index >= 15 is 0 Å². The second kappa shape index (κ2) is 6.76. The molecule has 0 spiro atoms. The number of methoxy groups -OCH3 is 1. The van der Waals surface area contributed by atoms with E-state index in [0.29, 0.717) is 6.54 Å². The number of esters is 1. The number of ether oxygens (including phenoxy) is 2. The van der Waals surface area contributed by atoms with Crippen molar-refractivity contribution in [2.75, 3.05) is 13.7 Å². The number of aromatic nitrogens is 3. The minimum atomic E-state index is -0.592. The Hall–Kier alpha value is -3.09. The molecule has 0 aliphatic carbocycles. The zero-order chi connectivity index (χ0) is 20.9. The van der Waals surface area contributed by atoms with E-state index in [0.717, 1.165) is 28.0 Å². The number of hydrogen-bond donors (Lipinski definition) is 0. The number of fused-ring (bicyclic) bond motifs is 5. The monoisotopic (exact) mass is 395 g/mol. The van der Waals surface area contributed by atoms with Gasteiger partial charge in [0.05, 0.1) is 43.2 Å². The summed E-state index contributed by atoms with van der Waals surface area (Å²) in [5, 5.41) is 5.67. The Balaban J connectivity index is 2.02. The van der Waals surface area contributed by atoms with Gasteiger partial charge in [0.1, 0.15) is 11.3 Å². The van der Waals surface area contributed by atoms with Crippen molar-refractivity contribution in [1.82, 2.24) is 14.3 Å². The van der Waals surface area contributed by atoms with Crippen LogP contribution in [0.3, 0.4) is 0 Å². The average Bonchev–Trinajstić information content (AvgIpc) is 3.04. The summed E-state index contributed by atoms with van der Waals surface area (Å²) in [6.45, 7) is 9.00. The van der Waals surface area contributed by atoms with Crippen molar-refractivity contribution < 1.29 is 14.3 Å². The largest absolute Gasteiger partial charge is 0.497 e. The molecule has 1 aliphatic heterocycles. The van der Waals surface area contributed by atoms with Crippen LogP contribution in [0.4, 0.5) is 0 Å². The maximum atomic E-state index is 12.8. The molecule has 0 amide bonds. The molecule has 2 aromatic heterocycles. The van der Waals surface area contributed by atoms with E-state index in [1.54, 1.807) is 20.2 Å². The van der Waals surface area contributed by atoms with Crippen LogP contribution < -0.4 is 10.2 Å². The van der Waals surface area contributed by atoms with Gasteiger partial charge in [-0.2, -0.15) is 5.10 Å². The lowest BCUT2D eigenvalue weighted by Crippen LogP contribution is -2.35. The van der Waals surface area contributed by atoms with Gasteiger partial charge in [-0.3, -0.25) is 9.48 Å². The fraction of sp³-hybridized carbons (Fsp3) is 0.409. The lowest BCUT2D eigenvalue weighted by Gasteiger charge is -2.38. The van der Waals surface area contributed by atoms with E-state index in [1.807, 2.05) is 27.4 Å². The van der Waals surface area contributed by atoms with Gasteiger partial charge in [-0.15, -0.1) is 0 Å². The predicted octanol–water partition coefficient (Wildman–Crippen LogP) is 3.65. The summed E-state index contributed by atoms with van der Waals surface area (Å²) in [7, 11) is 1.62. The molecule has 1 aromatic carbocycles.